The van der Waals surface area contributed by atoms with Crippen molar-refractivity contribution in [2.45, 2.75) is 19.0 Å². The number of nitrogens with zero attached hydrogens (tertiary/aromatic N) is 3. The molecular formula is C20H15ClN4O. The highest BCUT2D eigenvalue weighted by atomic mass is 35.5. The second-order valence-electron chi connectivity index (χ2n) is 6.32. The predicted molar refractivity (Wildman–Crippen MR) is 101 cm³/mol. The van der Waals surface area contributed by atoms with Crippen molar-refractivity contribution in [1.82, 2.24) is 4.98 Å². The van der Waals surface area contributed by atoms with E-state index in [1.165, 1.54) is 0 Å². The van der Waals surface area contributed by atoms with Crippen LogP contribution in [0.25, 0.3) is 10.9 Å². The lowest BCUT2D eigenvalue weighted by Crippen LogP contribution is -2.49. The number of hydrogen-bond donors (Lipinski definition) is 1. The van der Waals surface area contributed by atoms with Gasteiger partial charge in [0.15, 0.2) is 0 Å². The molecule has 6 heteroatoms. The molecule has 0 aliphatic carbocycles. The van der Waals surface area contributed by atoms with Gasteiger partial charge in [-0.2, -0.15) is 5.26 Å². The summed E-state index contributed by atoms with van der Waals surface area (Å²) in [7, 11) is 0. The monoisotopic (exact) mass is 362 g/mol. The van der Waals surface area contributed by atoms with Gasteiger partial charge in [-0.05, 0) is 35.4 Å². The molecule has 0 saturated heterocycles. The molecule has 1 amide bonds. The largest absolute Gasteiger partial charge is 0.368 e. The van der Waals surface area contributed by atoms with Crippen LogP contribution in [0.2, 0.25) is 5.02 Å². The number of nitriles is 1. The van der Waals surface area contributed by atoms with Gasteiger partial charge in [0.2, 0.25) is 5.91 Å². The maximum Gasteiger partial charge on any atom is 0.240 e. The fourth-order valence-electron chi connectivity index (χ4n) is 3.44. The smallest absolute Gasteiger partial charge is 0.240 e. The van der Waals surface area contributed by atoms with E-state index in [0.29, 0.717) is 40.3 Å². The van der Waals surface area contributed by atoms with Crippen LogP contribution >= 0.6 is 11.6 Å². The van der Waals surface area contributed by atoms with Crippen LogP contribution < -0.4 is 10.6 Å². The normalized spacial score (nSPS) is 16.2. The second-order valence-corrected chi connectivity index (χ2v) is 6.76. The summed E-state index contributed by atoms with van der Waals surface area (Å²) >= 11 is 6.05. The van der Waals surface area contributed by atoms with Gasteiger partial charge in [-0.3, -0.25) is 4.79 Å². The van der Waals surface area contributed by atoms with Gasteiger partial charge in [-0.15, -0.1) is 0 Å². The number of anilines is 1. The molecule has 1 aromatic heterocycles. The van der Waals surface area contributed by atoms with E-state index in [2.05, 4.69) is 11.1 Å². The Labute approximate surface area is 155 Å². The van der Waals surface area contributed by atoms with Crippen LogP contribution in [0, 0.1) is 11.3 Å². The van der Waals surface area contributed by atoms with Crippen LogP contribution in [-0.2, 0) is 17.8 Å². The Hall–Kier alpha value is -3.10. The lowest BCUT2D eigenvalue weighted by atomic mass is 9.93. The number of nitrogens with two attached hydrogens (primary N) is 1. The molecule has 3 aromatic rings. The predicted octanol–water partition coefficient (Wildman–Crippen LogP) is 3.18. The molecule has 0 bridgehead atoms. The first-order chi connectivity index (χ1) is 12.6. The number of carbonyl (C=O) groups excluding carboxylic acids is 1. The molecular weight excluding hydrogens is 348 g/mol. The first kappa shape index (κ1) is 16.4. The number of benzene rings is 2. The zero-order valence-electron chi connectivity index (χ0n) is 13.8. The Morgan fingerprint density at radius 3 is 2.73 bits per heavy atom. The zero-order chi connectivity index (χ0) is 18.3. The number of pyridine rings is 1. The number of aromatic nitrogens is 1. The first-order valence-corrected chi connectivity index (χ1v) is 8.58. The Balaban J connectivity index is 1.86. The van der Waals surface area contributed by atoms with Gasteiger partial charge in [0.25, 0.3) is 0 Å². The third kappa shape index (κ3) is 2.75. The van der Waals surface area contributed by atoms with Gasteiger partial charge in [0.1, 0.15) is 11.9 Å². The molecule has 26 heavy (non-hydrogen) atoms. The molecule has 5 nitrogen and oxygen atoms in total. The van der Waals surface area contributed by atoms with E-state index in [1.807, 2.05) is 29.2 Å². The third-order valence-electron chi connectivity index (χ3n) is 4.75. The molecule has 1 aliphatic rings. The highest BCUT2D eigenvalue weighted by Crippen LogP contribution is 2.31. The molecule has 0 spiro atoms. The number of fused-ring (bicyclic) bond motifs is 2. The van der Waals surface area contributed by atoms with Crippen molar-refractivity contribution in [2.24, 2.45) is 5.73 Å². The van der Waals surface area contributed by atoms with E-state index >= 15 is 0 Å². The van der Waals surface area contributed by atoms with Gasteiger partial charge >= 0.3 is 0 Å². The molecule has 0 fully saturated rings. The van der Waals surface area contributed by atoms with E-state index in [9.17, 15) is 10.1 Å². The van der Waals surface area contributed by atoms with Gasteiger partial charge < -0.3 is 10.6 Å². The van der Waals surface area contributed by atoms with Crippen LogP contribution in [0.1, 0.15) is 16.7 Å². The molecule has 128 valence electrons. The Kier molecular flexibility index (Phi) is 3.98. The SMILES string of the molecule is N#Cc1cc(N2Cc3ccccc3C[C@H]2C(N)=O)nc2ccc(Cl)cc12. The van der Waals surface area contributed by atoms with Gasteiger partial charge in [-0.1, -0.05) is 35.9 Å². The summed E-state index contributed by atoms with van der Waals surface area (Å²) in [5.41, 5.74) is 9.03. The minimum Gasteiger partial charge on any atom is -0.368 e. The van der Waals surface area contributed by atoms with Crippen LogP contribution in [0.15, 0.2) is 48.5 Å². The summed E-state index contributed by atoms with van der Waals surface area (Å²) in [6, 6.07) is 16.6. The maximum atomic E-state index is 12.1. The molecule has 2 N–H and O–H groups in total. The van der Waals surface area contributed by atoms with Crippen molar-refractivity contribution in [1.29, 1.82) is 5.26 Å². The highest BCUT2D eigenvalue weighted by molar-refractivity contribution is 6.31. The lowest BCUT2D eigenvalue weighted by Gasteiger charge is -2.36. The second kappa shape index (κ2) is 6.32. The number of amides is 1. The van der Waals surface area contributed by atoms with Crippen molar-refractivity contribution < 1.29 is 4.79 Å². The molecule has 2 aromatic carbocycles. The number of rotatable bonds is 2. The summed E-state index contributed by atoms with van der Waals surface area (Å²) in [4.78, 5) is 18.6. The Morgan fingerprint density at radius 2 is 2.00 bits per heavy atom. The number of primary amides is 1. The van der Waals surface area contributed by atoms with Crippen molar-refractivity contribution >= 4 is 34.2 Å². The molecule has 4 rings (SSSR count). The molecule has 0 unspecified atom stereocenters. The van der Waals surface area contributed by atoms with E-state index in [4.69, 9.17) is 17.3 Å². The van der Waals surface area contributed by atoms with Crippen molar-refractivity contribution in [3.05, 3.63) is 70.2 Å². The van der Waals surface area contributed by atoms with Crippen LogP contribution in [0.3, 0.4) is 0 Å². The molecule has 2 heterocycles. The highest BCUT2D eigenvalue weighted by Gasteiger charge is 2.31. The van der Waals surface area contributed by atoms with Crippen LogP contribution in [0.5, 0.6) is 0 Å². The molecule has 0 saturated carbocycles. The first-order valence-electron chi connectivity index (χ1n) is 8.20. The van der Waals surface area contributed by atoms with Gasteiger partial charge in [0, 0.05) is 23.4 Å². The quantitative estimate of drug-likeness (QED) is 0.759. The molecule has 0 radical (unpaired) electrons. The third-order valence-corrected chi connectivity index (χ3v) is 4.98. The fourth-order valence-corrected chi connectivity index (χ4v) is 3.61. The Morgan fingerprint density at radius 1 is 1.23 bits per heavy atom. The maximum absolute atomic E-state index is 12.1. The number of halogens is 1. The standard InChI is InChI=1S/C20H15ClN4O/c21-15-5-6-17-16(9-15)14(10-22)8-19(24-17)25-11-13-4-2-1-3-12(13)7-18(25)20(23)26/h1-6,8-9,18H,7,11H2,(H2,23,26)/t18-/m0/s1. The fraction of sp³-hybridized carbons (Fsp3) is 0.150. The van der Waals surface area contributed by atoms with E-state index in [0.717, 1.165) is 11.1 Å². The van der Waals surface area contributed by atoms with E-state index in [1.54, 1.807) is 24.3 Å². The summed E-state index contributed by atoms with van der Waals surface area (Å²) in [5, 5.41) is 10.8. The van der Waals surface area contributed by atoms with Gasteiger partial charge in [-0.25, -0.2) is 4.98 Å². The lowest BCUT2D eigenvalue weighted by molar-refractivity contribution is -0.119. The Bertz CT molecular complexity index is 1070. The summed E-state index contributed by atoms with van der Waals surface area (Å²) < 4.78 is 0. The number of carbonyl (C=O) groups is 1. The average molecular weight is 363 g/mol. The molecule has 1 aliphatic heterocycles. The number of hydrogen-bond acceptors (Lipinski definition) is 4. The minimum absolute atomic E-state index is 0.406. The minimum atomic E-state index is -0.506. The van der Waals surface area contributed by atoms with Crippen molar-refractivity contribution in [2.75, 3.05) is 4.90 Å². The zero-order valence-corrected chi connectivity index (χ0v) is 14.6. The van der Waals surface area contributed by atoms with E-state index in [-0.39, 0.29) is 0 Å². The van der Waals surface area contributed by atoms with Gasteiger partial charge in [0.05, 0.1) is 17.1 Å². The van der Waals surface area contributed by atoms with Crippen LogP contribution in [0.4, 0.5) is 5.82 Å². The topological polar surface area (TPSA) is 83.0 Å². The summed E-state index contributed by atoms with van der Waals surface area (Å²) in [6.45, 7) is 0.515. The summed E-state index contributed by atoms with van der Waals surface area (Å²) in [5.74, 6) is 0.158. The van der Waals surface area contributed by atoms with Crippen molar-refractivity contribution in [3.63, 3.8) is 0 Å². The van der Waals surface area contributed by atoms with Crippen LogP contribution in [-0.4, -0.2) is 16.9 Å². The average Bonchev–Trinajstić information content (AvgIpc) is 2.66. The van der Waals surface area contributed by atoms with E-state index < -0.39 is 11.9 Å². The molecule has 1 atom stereocenters. The van der Waals surface area contributed by atoms with Crippen molar-refractivity contribution in [3.8, 4) is 6.07 Å². The summed E-state index contributed by atoms with van der Waals surface area (Å²) in [6.07, 6.45) is 0.522.